The summed E-state index contributed by atoms with van der Waals surface area (Å²) in [5.41, 5.74) is -0.546. The van der Waals surface area contributed by atoms with Crippen LogP contribution in [0.2, 0.25) is 0 Å². The molecule has 0 bridgehead atoms. The van der Waals surface area contributed by atoms with Gasteiger partial charge in [-0.15, -0.1) is 0 Å². The molecular formula is C33H53N5O7. The van der Waals surface area contributed by atoms with Crippen LogP contribution in [0.1, 0.15) is 87.5 Å². The number of alkyl carbamates (subject to hydrolysis) is 1. The number of benzene rings is 1. The van der Waals surface area contributed by atoms with Crippen LogP contribution in [-0.2, 0) is 23.9 Å². The van der Waals surface area contributed by atoms with E-state index in [1.54, 1.807) is 52.0 Å². The van der Waals surface area contributed by atoms with Gasteiger partial charge in [-0.05, 0) is 57.6 Å². The predicted octanol–water partition coefficient (Wildman–Crippen LogP) is 3.50. The molecule has 0 saturated heterocycles. The third-order valence-corrected chi connectivity index (χ3v) is 7.73. The van der Waals surface area contributed by atoms with Crippen molar-refractivity contribution in [3.63, 3.8) is 0 Å². The number of hydrogen-bond acceptors (Lipinski definition) is 7. The summed E-state index contributed by atoms with van der Waals surface area (Å²) in [6, 6.07) is 5.21. The predicted molar refractivity (Wildman–Crippen MR) is 174 cm³/mol. The van der Waals surface area contributed by atoms with Gasteiger partial charge < -0.3 is 30.7 Å². The lowest BCUT2D eigenvalue weighted by Gasteiger charge is -2.42. The molecule has 45 heavy (non-hydrogen) atoms. The molecule has 252 valence electrons. The van der Waals surface area contributed by atoms with E-state index in [0.29, 0.717) is 17.9 Å². The van der Waals surface area contributed by atoms with E-state index < -0.39 is 47.1 Å². The number of unbranched alkanes of at least 4 members (excludes halogenated alkanes) is 1. The third-order valence-electron chi connectivity index (χ3n) is 7.73. The summed E-state index contributed by atoms with van der Waals surface area (Å²) in [4.78, 5) is 67.7. The molecule has 0 spiro atoms. The maximum Gasteiger partial charge on any atom is 0.407 e. The minimum atomic E-state index is -1.10. The number of rotatable bonds is 13. The van der Waals surface area contributed by atoms with Crippen molar-refractivity contribution in [1.82, 2.24) is 16.0 Å². The van der Waals surface area contributed by atoms with Crippen LogP contribution in [0.25, 0.3) is 0 Å². The largest absolute Gasteiger partial charge is 0.444 e. The van der Waals surface area contributed by atoms with Gasteiger partial charge in [0.25, 0.3) is 0 Å². The highest BCUT2D eigenvalue weighted by atomic mass is 16.6. The first-order valence-corrected chi connectivity index (χ1v) is 15.8. The first-order valence-electron chi connectivity index (χ1n) is 15.8. The van der Waals surface area contributed by atoms with Crippen molar-refractivity contribution >= 4 is 41.1 Å². The van der Waals surface area contributed by atoms with Crippen molar-refractivity contribution in [3.8, 4) is 0 Å². The molecule has 12 heteroatoms. The van der Waals surface area contributed by atoms with Crippen LogP contribution in [0.15, 0.2) is 24.3 Å². The summed E-state index contributed by atoms with van der Waals surface area (Å²) < 4.78 is 5.45. The number of nitrogens with zero attached hydrogens (tertiary/aromatic N) is 2. The summed E-state index contributed by atoms with van der Waals surface area (Å²) in [5, 5.41) is 19.5. The smallest absolute Gasteiger partial charge is 0.407 e. The molecule has 0 aliphatic carbocycles. The van der Waals surface area contributed by atoms with Gasteiger partial charge in [0.2, 0.25) is 23.6 Å². The summed E-state index contributed by atoms with van der Waals surface area (Å²) in [6.07, 6.45) is 0.275. The van der Waals surface area contributed by atoms with Gasteiger partial charge in [0.15, 0.2) is 0 Å². The number of carbonyl (C=O) groups excluding carboxylic acids is 5. The summed E-state index contributed by atoms with van der Waals surface area (Å²) in [6.45, 7) is 14.6. The number of aliphatic hydroxyl groups is 1. The Hall–Kier alpha value is -3.67. The molecule has 0 radical (unpaired) electrons. The van der Waals surface area contributed by atoms with E-state index in [0.717, 1.165) is 12.8 Å². The van der Waals surface area contributed by atoms with Crippen molar-refractivity contribution in [2.75, 3.05) is 29.9 Å². The van der Waals surface area contributed by atoms with E-state index in [-0.39, 0.29) is 43.5 Å². The number of likely N-dealkylation sites (N-methyl/N-ethyl adjacent to an activating group) is 1. The average Bonchev–Trinajstić information content (AvgIpc) is 2.93. The Morgan fingerprint density at radius 3 is 2.24 bits per heavy atom. The average molecular weight is 632 g/mol. The summed E-state index contributed by atoms with van der Waals surface area (Å²) in [7, 11) is 1.48. The number of aliphatic hydroxyl groups excluding tert-OH is 1. The number of hydrogen-bond donors (Lipinski definition) is 4. The fourth-order valence-corrected chi connectivity index (χ4v) is 5.52. The number of anilines is 2. The maximum absolute atomic E-state index is 13.9. The molecule has 4 atom stereocenters. The van der Waals surface area contributed by atoms with Crippen LogP contribution >= 0.6 is 0 Å². The van der Waals surface area contributed by atoms with Gasteiger partial charge in [0.05, 0.1) is 30.1 Å². The number of amides is 5. The second-order valence-corrected chi connectivity index (χ2v) is 13.7. The van der Waals surface area contributed by atoms with Gasteiger partial charge in [-0.2, -0.15) is 0 Å². The van der Waals surface area contributed by atoms with Crippen LogP contribution in [0, 0.1) is 11.3 Å². The minimum Gasteiger partial charge on any atom is -0.444 e. The normalized spacial score (nSPS) is 17.0. The number of carbonyl (C=O) groups is 5. The van der Waals surface area contributed by atoms with E-state index in [9.17, 15) is 29.1 Å². The Kier molecular flexibility index (Phi) is 13.4. The molecule has 1 aliphatic rings. The molecule has 0 saturated carbocycles. The lowest BCUT2D eigenvalue weighted by molar-refractivity contribution is -0.126. The van der Waals surface area contributed by atoms with E-state index in [4.69, 9.17) is 4.74 Å². The molecule has 4 N–H and O–H groups in total. The summed E-state index contributed by atoms with van der Waals surface area (Å²) in [5.74, 6) is -1.68. The fourth-order valence-electron chi connectivity index (χ4n) is 5.52. The van der Waals surface area contributed by atoms with Crippen LogP contribution in [0.5, 0.6) is 0 Å². The first-order chi connectivity index (χ1) is 20.9. The van der Waals surface area contributed by atoms with Crippen molar-refractivity contribution in [3.05, 3.63) is 24.3 Å². The van der Waals surface area contributed by atoms with Crippen molar-refractivity contribution in [2.24, 2.45) is 11.3 Å². The van der Waals surface area contributed by atoms with E-state index in [2.05, 4.69) is 16.0 Å². The Morgan fingerprint density at radius 2 is 1.69 bits per heavy atom. The zero-order chi connectivity index (χ0) is 34.1. The molecule has 12 nitrogen and oxygen atoms in total. The van der Waals surface area contributed by atoms with Crippen molar-refractivity contribution in [1.29, 1.82) is 0 Å². The standard InChI is InChI=1S/C33H53N5O7/c1-10-11-16-35-29(42)21(2)17-27(40)23(36-31(44)45-32(4,5)6)18-33(7,8)19-28(41)37-20-26(30(43)34-9)38(22(3)39)25-15-13-12-14-24(25)37/h12-15,21,23,26-27,40H,10-11,16-20H2,1-9H3,(H,34,43)(H,35,42)(H,36,44)/t21-,23+,26?,27+/m1/s1. The molecule has 1 aromatic carbocycles. The van der Waals surface area contributed by atoms with Gasteiger partial charge in [0.1, 0.15) is 11.6 Å². The lowest BCUT2D eigenvalue weighted by Crippen LogP contribution is -2.58. The molecule has 1 unspecified atom stereocenters. The molecule has 5 amide bonds. The van der Waals surface area contributed by atoms with Gasteiger partial charge in [0, 0.05) is 32.9 Å². The van der Waals surface area contributed by atoms with E-state index in [1.165, 1.54) is 23.8 Å². The Bertz CT molecular complexity index is 1210. The van der Waals surface area contributed by atoms with Crippen LogP contribution < -0.4 is 25.8 Å². The zero-order valence-corrected chi connectivity index (χ0v) is 28.4. The van der Waals surface area contributed by atoms with Gasteiger partial charge in [-0.3, -0.25) is 24.1 Å². The molecule has 0 aromatic heterocycles. The Balaban J connectivity index is 2.30. The highest BCUT2D eigenvalue weighted by Gasteiger charge is 2.41. The second-order valence-electron chi connectivity index (χ2n) is 13.7. The SMILES string of the molecule is CCCCNC(=O)[C@H](C)C[C@H](O)[C@H](CC(C)(C)CC(=O)N1CC(C(=O)NC)N(C(C)=O)c2ccccc21)NC(=O)OC(C)(C)C. The molecule has 1 aliphatic heterocycles. The topological polar surface area (TPSA) is 157 Å². The molecule has 1 aromatic rings. The highest BCUT2D eigenvalue weighted by molar-refractivity contribution is 6.08. The highest BCUT2D eigenvalue weighted by Crippen LogP contribution is 2.38. The Labute approximate surface area is 267 Å². The van der Waals surface area contributed by atoms with Crippen LogP contribution in [-0.4, -0.2) is 78.8 Å². The molecular weight excluding hydrogens is 578 g/mol. The zero-order valence-electron chi connectivity index (χ0n) is 28.4. The van der Waals surface area contributed by atoms with Gasteiger partial charge in [-0.25, -0.2) is 4.79 Å². The van der Waals surface area contributed by atoms with Crippen molar-refractivity contribution in [2.45, 2.75) is 111 Å². The lowest BCUT2D eigenvalue weighted by atomic mass is 9.79. The first kappa shape index (κ1) is 37.5. The summed E-state index contributed by atoms with van der Waals surface area (Å²) >= 11 is 0. The van der Waals surface area contributed by atoms with Gasteiger partial charge >= 0.3 is 6.09 Å². The van der Waals surface area contributed by atoms with E-state index in [1.807, 2.05) is 20.8 Å². The van der Waals surface area contributed by atoms with Gasteiger partial charge in [-0.1, -0.05) is 46.2 Å². The second kappa shape index (κ2) is 16.1. The number of nitrogens with one attached hydrogen (secondary N) is 3. The number of para-hydroxylation sites is 2. The molecule has 0 fully saturated rings. The van der Waals surface area contributed by atoms with Crippen LogP contribution in [0.4, 0.5) is 16.2 Å². The van der Waals surface area contributed by atoms with Crippen LogP contribution in [0.3, 0.4) is 0 Å². The fraction of sp³-hybridized carbons (Fsp3) is 0.667. The molecule has 1 heterocycles. The quantitative estimate of drug-likeness (QED) is 0.243. The molecule has 2 rings (SSSR count). The monoisotopic (exact) mass is 631 g/mol. The third kappa shape index (κ3) is 11.0. The maximum atomic E-state index is 13.9. The number of fused-ring (bicyclic) bond motifs is 1. The minimum absolute atomic E-state index is 0.00808. The van der Waals surface area contributed by atoms with Crippen molar-refractivity contribution < 1.29 is 33.8 Å². The number of ether oxygens (including phenoxy) is 1. The van der Waals surface area contributed by atoms with E-state index >= 15 is 0 Å². The Morgan fingerprint density at radius 1 is 1.07 bits per heavy atom.